The quantitative estimate of drug-likeness (QED) is 0.532. The van der Waals surface area contributed by atoms with Gasteiger partial charge < -0.3 is 9.84 Å². The van der Waals surface area contributed by atoms with Crippen molar-refractivity contribution in [2.45, 2.75) is 38.6 Å². The van der Waals surface area contributed by atoms with Gasteiger partial charge in [-0.05, 0) is 53.4 Å². The molecule has 0 spiro atoms. The molecule has 1 saturated carbocycles. The van der Waals surface area contributed by atoms with Crippen molar-refractivity contribution in [2.75, 3.05) is 6.61 Å². The molecule has 9 heteroatoms. The molecule has 3 rings (SSSR count). The monoisotopic (exact) mass is 456 g/mol. The number of hydrogen-bond donors (Lipinski definition) is 2. The van der Waals surface area contributed by atoms with Gasteiger partial charge in [0, 0.05) is 10.5 Å². The standard InChI is InChI=1S/C18H18BrClN2O5/c1-2-27-12-8-9(13(19)14(20)15(12)23)7-11-16(24)21-18(26)22(17(11)25)10-5-3-4-6-10/h7-8,10,23H,2-6H2,1H3,(H,21,24,26)/b11-7+. The largest absolute Gasteiger partial charge is 0.503 e. The van der Waals surface area contributed by atoms with Crippen LogP contribution in [0.1, 0.15) is 38.2 Å². The predicted octanol–water partition coefficient (Wildman–Crippen LogP) is 3.61. The second-order valence-electron chi connectivity index (χ2n) is 6.30. The fourth-order valence-electron chi connectivity index (χ4n) is 3.30. The Balaban J connectivity index is 2.03. The van der Waals surface area contributed by atoms with E-state index in [1.807, 2.05) is 0 Å². The van der Waals surface area contributed by atoms with Crippen LogP contribution in [0.5, 0.6) is 11.5 Å². The van der Waals surface area contributed by atoms with E-state index in [-0.39, 0.29) is 28.1 Å². The van der Waals surface area contributed by atoms with Crippen LogP contribution >= 0.6 is 27.5 Å². The smallest absolute Gasteiger partial charge is 0.331 e. The molecule has 1 aromatic carbocycles. The summed E-state index contributed by atoms with van der Waals surface area (Å²) in [6.07, 6.45) is 4.66. The third-order valence-electron chi connectivity index (χ3n) is 4.60. The summed E-state index contributed by atoms with van der Waals surface area (Å²) in [5.74, 6) is -1.52. The molecule has 0 atom stereocenters. The molecule has 0 aromatic heterocycles. The zero-order valence-corrected chi connectivity index (χ0v) is 16.9. The number of phenolic OH excluding ortho intramolecular Hbond substituents is 1. The highest BCUT2D eigenvalue weighted by Gasteiger charge is 2.40. The van der Waals surface area contributed by atoms with Crippen molar-refractivity contribution in [3.63, 3.8) is 0 Å². The summed E-state index contributed by atoms with van der Waals surface area (Å²) >= 11 is 9.37. The Bertz CT molecular complexity index is 849. The van der Waals surface area contributed by atoms with Gasteiger partial charge in [0.15, 0.2) is 11.5 Å². The van der Waals surface area contributed by atoms with Crippen molar-refractivity contribution in [1.82, 2.24) is 10.2 Å². The molecule has 0 radical (unpaired) electrons. The van der Waals surface area contributed by atoms with Crippen molar-refractivity contribution < 1.29 is 24.2 Å². The van der Waals surface area contributed by atoms with Crippen LogP contribution in [0.15, 0.2) is 16.1 Å². The van der Waals surface area contributed by atoms with Gasteiger partial charge in [-0.1, -0.05) is 24.4 Å². The Labute approximate surface area is 169 Å². The summed E-state index contributed by atoms with van der Waals surface area (Å²) in [5, 5.41) is 12.3. The normalized spacial score (nSPS) is 19.7. The number of hydrogen-bond acceptors (Lipinski definition) is 5. The summed E-state index contributed by atoms with van der Waals surface area (Å²) in [6, 6.07) is 0.574. The second kappa shape index (κ2) is 7.90. The molecule has 1 aliphatic heterocycles. The number of imide groups is 2. The fraction of sp³-hybridized carbons (Fsp3) is 0.389. The maximum absolute atomic E-state index is 12.9. The van der Waals surface area contributed by atoms with E-state index in [0.717, 1.165) is 30.6 Å². The summed E-state index contributed by atoms with van der Waals surface area (Å²) in [6.45, 7) is 2.04. The van der Waals surface area contributed by atoms with Gasteiger partial charge in [-0.3, -0.25) is 19.8 Å². The summed E-state index contributed by atoms with van der Waals surface area (Å²) < 4.78 is 5.65. The van der Waals surface area contributed by atoms with Gasteiger partial charge in [0.25, 0.3) is 11.8 Å². The first-order valence-corrected chi connectivity index (χ1v) is 9.76. The number of amides is 4. The topological polar surface area (TPSA) is 95.9 Å². The number of carbonyl (C=O) groups excluding carboxylic acids is 3. The van der Waals surface area contributed by atoms with E-state index in [1.165, 1.54) is 12.1 Å². The fourth-order valence-corrected chi connectivity index (χ4v) is 3.92. The Kier molecular flexibility index (Phi) is 5.76. The minimum Gasteiger partial charge on any atom is -0.503 e. The zero-order chi connectivity index (χ0) is 19.7. The molecule has 144 valence electrons. The average Bonchev–Trinajstić information content (AvgIpc) is 3.14. The molecule has 1 heterocycles. The van der Waals surface area contributed by atoms with Crippen molar-refractivity contribution in [3.8, 4) is 11.5 Å². The minimum absolute atomic E-state index is 0.000178. The third-order valence-corrected chi connectivity index (χ3v) is 6.05. The van der Waals surface area contributed by atoms with E-state index in [9.17, 15) is 19.5 Å². The SMILES string of the molecule is CCOc1cc(/C=C2\C(=O)NC(=O)N(C3CCCC3)C2=O)c(Br)c(Cl)c1O. The van der Waals surface area contributed by atoms with E-state index in [1.54, 1.807) is 6.92 Å². The number of ether oxygens (including phenoxy) is 1. The van der Waals surface area contributed by atoms with Crippen LogP contribution in [0, 0.1) is 0 Å². The molecular formula is C18H18BrClN2O5. The lowest BCUT2D eigenvalue weighted by Gasteiger charge is -2.31. The zero-order valence-electron chi connectivity index (χ0n) is 14.6. The molecular weight excluding hydrogens is 440 g/mol. The molecule has 0 unspecified atom stereocenters. The molecule has 1 aromatic rings. The van der Waals surface area contributed by atoms with Gasteiger partial charge in [-0.15, -0.1) is 0 Å². The molecule has 2 N–H and O–H groups in total. The Morgan fingerprint density at radius 1 is 1.37 bits per heavy atom. The minimum atomic E-state index is -0.770. The summed E-state index contributed by atoms with van der Waals surface area (Å²) in [4.78, 5) is 38.4. The van der Waals surface area contributed by atoms with Crippen molar-refractivity contribution in [1.29, 1.82) is 0 Å². The molecule has 2 fully saturated rings. The lowest BCUT2D eigenvalue weighted by Crippen LogP contribution is -2.57. The third kappa shape index (κ3) is 3.68. The molecule has 27 heavy (non-hydrogen) atoms. The van der Waals surface area contributed by atoms with Crippen molar-refractivity contribution in [3.05, 3.63) is 26.7 Å². The van der Waals surface area contributed by atoms with E-state index < -0.39 is 17.8 Å². The van der Waals surface area contributed by atoms with Gasteiger partial charge in [-0.25, -0.2) is 4.79 Å². The van der Waals surface area contributed by atoms with E-state index >= 15 is 0 Å². The van der Waals surface area contributed by atoms with Crippen LogP contribution in [0.25, 0.3) is 6.08 Å². The van der Waals surface area contributed by atoms with Crippen LogP contribution in [0.2, 0.25) is 5.02 Å². The maximum Gasteiger partial charge on any atom is 0.331 e. The van der Waals surface area contributed by atoms with Gasteiger partial charge in [0.05, 0.1) is 6.61 Å². The second-order valence-corrected chi connectivity index (χ2v) is 7.48. The number of halogens is 2. The molecule has 0 bridgehead atoms. The number of barbiturate groups is 1. The number of benzene rings is 1. The van der Waals surface area contributed by atoms with Gasteiger partial charge in [0.2, 0.25) is 0 Å². The maximum atomic E-state index is 12.9. The van der Waals surface area contributed by atoms with Gasteiger partial charge in [0.1, 0.15) is 10.6 Å². The van der Waals surface area contributed by atoms with Crippen LogP contribution in [0.4, 0.5) is 4.79 Å². The van der Waals surface area contributed by atoms with Crippen molar-refractivity contribution in [2.24, 2.45) is 0 Å². The predicted molar refractivity (Wildman–Crippen MR) is 103 cm³/mol. The van der Waals surface area contributed by atoms with Crippen LogP contribution in [-0.4, -0.2) is 40.5 Å². The first-order chi connectivity index (χ1) is 12.8. The Morgan fingerprint density at radius 2 is 2.04 bits per heavy atom. The molecule has 2 aliphatic rings. The van der Waals surface area contributed by atoms with E-state index in [2.05, 4.69) is 21.2 Å². The summed E-state index contributed by atoms with van der Waals surface area (Å²) in [5.41, 5.74) is 0.201. The number of rotatable bonds is 4. The highest BCUT2D eigenvalue weighted by Crippen LogP contribution is 2.42. The molecule has 1 saturated heterocycles. The summed E-state index contributed by atoms with van der Waals surface area (Å²) in [7, 11) is 0. The number of aromatic hydroxyl groups is 1. The highest BCUT2D eigenvalue weighted by atomic mass is 79.9. The molecule has 4 amide bonds. The number of nitrogens with one attached hydrogen (secondary N) is 1. The number of urea groups is 1. The van der Waals surface area contributed by atoms with Crippen LogP contribution in [-0.2, 0) is 9.59 Å². The van der Waals surface area contributed by atoms with Gasteiger partial charge in [-0.2, -0.15) is 0 Å². The van der Waals surface area contributed by atoms with E-state index in [0.29, 0.717) is 16.6 Å². The molecule has 1 aliphatic carbocycles. The lowest BCUT2D eigenvalue weighted by atomic mass is 10.0. The van der Waals surface area contributed by atoms with E-state index in [4.69, 9.17) is 16.3 Å². The number of carbonyl (C=O) groups is 3. The first kappa shape index (κ1) is 19.7. The number of nitrogens with zero attached hydrogens (tertiary/aromatic N) is 1. The number of phenols is 1. The Morgan fingerprint density at radius 3 is 2.67 bits per heavy atom. The average molecular weight is 458 g/mol. The van der Waals surface area contributed by atoms with Crippen molar-refractivity contribution >= 4 is 51.5 Å². The molecule has 7 nitrogen and oxygen atoms in total. The highest BCUT2D eigenvalue weighted by molar-refractivity contribution is 9.10. The van der Waals surface area contributed by atoms with Crippen LogP contribution < -0.4 is 10.1 Å². The Hall–Kier alpha value is -2.06. The van der Waals surface area contributed by atoms with Gasteiger partial charge >= 0.3 is 6.03 Å². The lowest BCUT2D eigenvalue weighted by molar-refractivity contribution is -0.131. The first-order valence-electron chi connectivity index (χ1n) is 8.59. The van der Waals surface area contributed by atoms with Crippen LogP contribution in [0.3, 0.4) is 0 Å².